The number of carbonyl (C=O) groups excluding carboxylic acids is 2. The van der Waals surface area contributed by atoms with Crippen molar-refractivity contribution in [2.45, 2.75) is 71.9 Å². The summed E-state index contributed by atoms with van der Waals surface area (Å²) in [5, 5.41) is 18.4. The highest BCUT2D eigenvalue weighted by Crippen LogP contribution is 2.24. The van der Waals surface area contributed by atoms with Crippen LogP contribution in [0.15, 0.2) is 30.5 Å². The Hall–Kier alpha value is -3.10. The maximum Gasteiger partial charge on any atom is 0.410 e. The van der Waals surface area contributed by atoms with Gasteiger partial charge < -0.3 is 19.6 Å². The predicted molar refractivity (Wildman–Crippen MR) is 133 cm³/mol. The van der Waals surface area contributed by atoms with E-state index in [1.807, 2.05) is 39.1 Å². The van der Waals surface area contributed by atoms with E-state index in [1.54, 1.807) is 26.6 Å². The molecule has 1 aromatic carbocycles. The number of ether oxygens (including phenoxy) is 1. The van der Waals surface area contributed by atoms with Crippen molar-refractivity contribution in [3.8, 4) is 5.75 Å². The third kappa shape index (κ3) is 7.44. The molecule has 0 unspecified atom stereocenters. The largest absolute Gasteiger partial charge is 0.508 e. The summed E-state index contributed by atoms with van der Waals surface area (Å²) in [5.74, 6) is 0.895. The summed E-state index contributed by atoms with van der Waals surface area (Å²) in [5.41, 5.74) is 1.23. The number of phenolic OH excluding ortho intramolecular Hbond substituents is 1. The second-order valence-electron chi connectivity index (χ2n) is 10.8. The predicted octanol–water partition coefficient (Wildman–Crippen LogP) is 4.00. The van der Waals surface area contributed by atoms with Crippen molar-refractivity contribution in [3.63, 3.8) is 0 Å². The van der Waals surface area contributed by atoms with Gasteiger partial charge in [0.2, 0.25) is 5.91 Å². The molecule has 35 heavy (non-hydrogen) atoms. The molecule has 9 nitrogen and oxygen atoms in total. The molecule has 3 rings (SSSR count). The first-order valence-electron chi connectivity index (χ1n) is 12.4. The minimum absolute atomic E-state index is 0.0603. The highest BCUT2D eigenvalue weighted by atomic mass is 16.6. The molecule has 1 N–H and O–H groups in total. The van der Waals surface area contributed by atoms with Gasteiger partial charge in [0.05, 0.1) is 5.69 Å². The minimum atomic E-state index is -0.569. The van der Waals surface area contributed by atoms with Crippen molar-refractivity contribution in [2.24, 2.45) is 5.92 Å². The van der Waals surface area contributed by atoms with Crippen LogP contribution in [-0.4, -0.2) is 73.7 Å². The van der Waals surface area contributed by atoms with Crippen molar-refractivity contribution >= 4 is 12.0 Å². The highest BCUT2D eigenvalue weighted by molar-refractivity contribution is 5.81. The lowest BCUT2D eigenvalue weighted by atomic mass is 9.96. The van der Waals surface area contributed by atoms with Crippen molar-refractivity contribution in [1.29, 1.82) is 0 Å². The van der Waals surface area contributed by atoms with Crippen molar-refractivity contribution in [3.05, 3.63) is 41.7 Å². The highest BCUT2D eigenvalue weighted by Gasteiger charge is 2.32. The van der Waals surface area contributed by atoms with Gasteiger partial charge in [-0.15, -0.1) is 5.10 Å². The normalized spacial score (nSPS) is 16.3. The summed E-state index contributed by atoms with van der Waals surface area (Å²) in [7, 11) is 0. The van der Waals surface area contributed by atoms with Crippen molar-refractivity contribution in [1.82, 2.24) is 24.8 Å². The van der Waals surface area contributed by atoms with E-state index in [2.05, 4.69) is 31.1 Å². The van der Waals surface area contributed by atoms with Gasteiger partial charge in [-0.25, -0.2) is 9.48 Å². The number of aromatic nitrogens is 3. The van der Waals surface area contributed by atoms with Crippen LogP contribution in [0, 0.1) is 5.92 Å². The average Bonchev–Trinajstić information content (AvgIpc) is 3.27. The Balaban J connectivity index is 1.75. The molecule has 192 valence electrons. The van der Waals surface area contributed by atoms with Gasteiger partial charge in [0.25, 0.3) is 0 Å². The van der Waals surface area contributed by atoms with E-state index in [0.29, 0.717) is 38.5 Å². The fourth-order valence-electron chi connectivity index (χ4n) is 4.29. The van der Waals surface area contributed by atoms with E-state index in [4.69, 9.17) is 4.74 Å². The summed E-state index contributed by atoms with van der Waals surface area (Å²) < 4.78 is 7.14. The summed E-state index contributed by atoms with van der Waals surface area (Å²) in [6.45, 7) is 13.7. The van der Waals surface area contributed by atoms with Gasteiger partial charge in [-0.2, -0.15) is 0 Å². The first-order chi connectivity index (χ1) is 16.4. The van der Waals surface area contributed by atoms with E-state index in [0.717, 1.165) is 17.7 Å². The summed E-state index contributed by atoms with van der Waals surface area (Å²) in [4.78, 5) is 29.5. The molecule has 1 saturated heterocycles. The van der Waals surface area contributed by atoms with Crippen LogP contribution in [0.5, 0.6) is 5.75 Å². The average molecular weight is 486 g/mol. The fourth-order valence-corrected chi connectivity index (χ4v) is 4.29. The second kappa shape index (κ2) is 11.1. The molecule has 2 heterocycles. The van der Waals surface area contributed by atoms with Crippen LogP contribution < -0.4 is 0 Å². The summed E-state index contributed by atoms with van der Waals surface area (Å²) in [6.07, 6.45) is 2.94. The minimum Gasteiger partial charge on any atom is -0.508 e. The topological polar surface area (TPSA) is 101 Å². The van der Waals surface area contributed by atoms with E-state index >= 15 is 0 Å². The molecule has 1 aliphatic heterocycles. The van der Waals surface area contributed by atoms with Gasteiger partial charge in [-0.05, 0) is 50.8 Å². The molecular weight excluding hydrogens is 446 g/mol. The lowest BCUT2D eigenvalue weighted by Crippen LogP contribution is -2.53. The molecular formula is C26H39N5O4. The van der Waals surface area contributed by atoms with Gasteiger partial charge >= 0.3 is 6.09 Å². The molecule has 1 aromatic heterocycles. The van der Waals surface area contributed by atoms with Gasteiger partial charge in [-0.1, -0.05) is 38.1 Å². The van der Waals surface area contributed by atoms with Gasteiger partial charge in [0.1, 0.15) is 17.4 Å². The number of hydrogen-bond acceptors (Lipinski definition) is 6. The number of piperazine rings is 1. The van der Waals surface area contributed by atoms with Crippen LogP contribution in [0.2, 0.25) is 0 Å². The standard InChI is InChI=1S/C26H39N5O4/c1-18(2)15-19(3)22-17-31(28-27-22)23(16-20-7-9-21(32)10-8-20)24(33)29-11-13-30(14-12-29)25(34)35-26(4,5)6/h7-10,17-19,23,32H,11-16H2,1-6H3/t19-,23-/m0/s1. The summed E-state index contributed by atoms with van der Waals surface area (Å²) in [6, 6.07) is 6.30. The Bertz CT molecular complexity index is 988. The molecule has 0 bridgehead atoms. The van der Waals surface area contributed by atoms with Crippen LogP contribution in [0.3, 0.4) is 0 Å². The Morgan fingerprint density at radius 3 is 2.20 bits per heavy atom. The Kier molecular flexibility index (Phi) is 8.40. The first-order valence-corrected chi connectivity index (χ1v) is 12.4. The molecule has 1 fully saturated rings. The zero-order valence-electron chi connectivity index (χ0n) is 21.8. The van der Waals surface area contributed by atoms with Gasteiger partial charge in [0, 0.05) is 44.7 Å². The number of aromatic hydroxyl groups is 1. The van der Waals surface area contributed by atoms with E-state index < -0.39 is 11.6 Å². The fraction of sp³-hybridized carbons (Fsp3) is 0.615. The van der Waals surface area contributed by atoms with Crippen LogP contribution in [0.4, 0.5) is 4.79 Å². The molecule has 2 atom stereocenters. The molecule has 0 radical (unpaired) electrons. The lowest BCUT2D eigenvalue weighted by Gasteiger charge is -2.37. The first kappa shape index (κ1) is 26.5. The summed E-state index contributed by atoms with van der Waals surface area (Å²) >= 11 is 0. The van der Waals surface area contributed by atoms with Crippen LogP contribution in [0.1, 0.15) is 71.2 Å². The lowest BCUT2D eigenvalue weighted by molar-refractivity contribution is -0.136. The van der Waals surface area contributed by atoms with Crippen molar-refractivity contribution in [2.75, 3.05) is 26.2 Å². The smallest absolute Gasteiger partial charge is 0.410 e. The van der Waals surface area contributed by atoms with E-state index in [9.17, 15) is 14.7 Å². The molecule has 2 aromatic rings. The third-order valence-electron chi connectivity index (χ3n) is 6.07. The number of benzene rings is 1. The van der Waals surface area contributed by atoms with Gasteiger partial charge in [0.15, 0.2) is 0 Å². The molecule has 1 aliphatic rings. The maximum atomic E-state index is 13.7. The molecule has 2 amide bonds. The SMILES string of the molecule is CC(C)C[C@H](C)c1cn([C@@H](Cc2ccc(O)cc2)C(=O)N2CCN(C(=O)OC(C)(C)C)CC2)nn1. The van der Waals surface area contributed by atoms with Crippen LogP contribution in [0.25, 0.3) is 0 Å². The number of carbonyl (C=O) groups is 2. The molecule has 0 saturated carbocycles. The Morgan fingerprint density at radius 2 is 1.63 bits per heavy atom. The molecule has 0 aliphatic carbocycles. The number of amides is 2. The van der Waals surface area contributed by atoms with Crippen LogP contribution in [-0.2, 0) is 16.0 Å². The van der Waals surface area contributed by atoms with Gasteiger partial charge in [-0.3, -0.25) is 4.79 Å². The van der Waals surface area contributed by atoms with E-state index in [-0.39, 0.29) is 23.7 Å². The Morgan fingerprint density at radius 1 is 1.03 bits per heavy atom. The number of phenols is 1. The monoisotopic (exact) mass is 485 g/mol. The molecule has 9 heteroatoms. The zero-order chi connectivity index (χ0) is 25.8. The third-order valence-corrected chi connectivity index (χ3v) is 6.07. The zero-order valence-corrected chi connectivity index (χ0v) is 21.8. The van der Waals surface area contributed by atoms with E-state index in [1.165, 1.54) is 0 Å². The van der Waals surface area contributed by atoms with Crippen molar-refractivity contribution < 1.29 is 19.4 Å². The quantitative estimate of drug-likeness (QED) is 0.636. The number of rotatable bonds is 7. The Labute approximate surface area is 208 Å². The number of nitrogens with zero attached hydrogens (tertiary/aromatic N) is 5. The molecule has 0 spiro atoms. The van der Waals surface area contributed by atoms with Crippen LogP contribution >= 0.6 is 0 Å². The number of hydrogen-bond donors (Lipinski definition) is 1. The second-order valence-corrected chi connectivity index (χ2v) is 10.8. The maximum absolute atomic E-state index is 13.7.